The molecule has 0 fully saturated rings. The Kier molecular flexibility index (Phi) is 11.3. The Balaban J connectivity index is 0.00000163. The van der Waals surface area contributed by atoms with Crippen molar-refractivity contribution in [2.75, 3.05) is 34.4 Å². The summed E-state index contributed by atoms with van der Waals surface area (Å²) in [6.07, 6.45) is 2.48. The lowest BCUT2D eigenvalue weighted by Gasteiger charge is -2.14. The minimum atomic E-state index is 0.500. The Labute approximate surface area is 163 Å². The van der Waals surface area contributed by atoms with Crippen LogP contribution in [0.15, 0.2) is 52.3 Å². The van der Waals surface area contributed by atoms with Gasteiger partial charge in [-0.1, -0.05) is 48.2 Å². The van der Waals surface area contributed by atoms with Crippen LogP contribution < -0.4 is 5.32 Å². The second kappa shape index (κ2) is 12.9. The van der Waals surface area contributed by atoms with E-state index in [1.54, 1.807) is 0 Å². The SMILES string of the molecule is CF.Cc1cccc(C)c1Sc1ccccc1CNCCCCN(C)C. The van der Waals surface area contributed by atoms with E-state index in [1.165, 1.54) is 45.9 Å². The summed E-state index contributed by atoms with van der Waals surface area (Å²) in [6.45, 7) is 7.58. The van der Waals surface area contributed by atoms with Crippen LogP contribution in [0.25, 0.3) is 0 Å². The molecule has 0 unspecified atom stereocenters. The molecule has 144 valence electrons. The van der Waals surface area contributed by atoms with Gasteiger partial charge in [0.25, 0.3) is 0 Å². The lowest BCUT2D eigenvalue weighted by atomic mass is 10.2. The number of nitrogens with one attached hydrogen (secondary N) is 1. The summed E-state index contributed by atoms with van der Waals surface area (Å²) < 4.78 is 9.50. The first kappa shape index (κ1) is 22.7. The van der Waals surface area contributed by atoms with Gasteiger partial charge in [0.1, 0.15) is 0 Å². The average Bonchev–Trinajstić information content (AvgIpc) is 2.64. The van der Waals surface area contributed by atoms with E-state index < -0.39 is 0 Å². The van der Waals surface area contributed by atoms with Crippen LogP contribution in [-0.4, -0.2) is 39.3 Å². The number of nitrogens with zero attached hydrogens (tertiary/aromatic N) is 1. The normalized spacial score (nSPS) is 10.6. The fourth-order valence-corrected chi connectivity index (χ4v) is 3.82. The van der Waals surface area contributed by atoms with E-state index >= 15 is 0 Å². The molecule has 2 nitrogen and oxygen atoms in total. The van der Waals surface area contributed by atoms with Gasteiger partial charge in [0.2, 0.25) is 0 Å². The van der Waals surface area contributed by atoms with Crippen molar-refractivity contribution in [3.8, 4) is 0 Å². The molecule has 0 aliphatic carbocycles. The number of hydrogen-bond donors (Lipinski definition) is 1. The minimum absolute atomic E-state index is 0.500. The highest BCUT2D eigenvalue weighted by Crippen LogP contribution is 2.34. The smallest absolute Gasteiger partial charge is 0.0785 e. The van der Waals surface area contributed by atoms with Crippen LogP contribution in [0.5, 0.6) is 0 Å². The molecule has 0 saturated heterocycles. The Bertz CT molecular complexity index is 624. The molecule has 0 aliphatic heterocycles. The number of benzene rings is 2. The molecule has 2 aromatic rings. The van der Waals surface area contributed by atoms with Crippen LogP contribution in [0.4, 0.5) is 4.39 Å². The molecule has 2 rings (SSSR count). The van der Waals surface area contributed by atoms with Crippen molar-refractivity contribution in [1.82, 2.24) is 10.2 Å². The molecule has 0 radical (unpaired) electrons. The molecule has 4 heteroatoms. The van der Waals surface area contributed by atoms with Crippen molar-refractivity contribution in [3.05, 3.63) is 59.2 Å². The quantitative estimate of drug-likeness (QED) is 0.584. The Hall–Kier alpha value is -1.36. The van der Waals surface area contributed by atoms with Gasteiger partial charge in [-0.15, -0.1) is 0 Å². The summed E-state index contributed by atoms with van der Waals surface area (Å²) in [4.78, 5) is 4.99. The molecular formula is C22H33FN2S. The number of alkyl halides is 1. The largest absolute Gasteiger partial charge is 0.313 e. The maximum Gasteiger partial charge on any atom is 0.0785 e. The first-order valence-corrected chi connectivity index (χ1v) is 9.95. The standard InChI is InChI=1S/C21H30N2S.CH3F/c1-17-10-9-11-18(2)21(17)24-20-13-6-5-12-19(20)16-22-14-7-8-15-23(3)4;1-2/h5-6,9-13,22H,7-8,14-16H2,1-4H3;1H3. The lowest BCUT2D eigenvalue weighted by molar-refractivity contribution is 0.391. The van der Waals surface area contributed by atoms with E-state index in [0.717, 1.165) is 13.1 Å². The van der Waals surface area contributed by atoms with Crippen molar-refractivity contribution >= 4 is 11.8 Å². The van der Waals surface area contributed by atoms with Crippen LogP contribution >= 0.6 is 11.8 Å². The van der Waals surface area contributed by atoms with Crippen molar-refractivity contribution in [2.24, 2.45) is 0 Å². The van der Waals surface area contributed by atoms with Crippen molar-refractivity contribution in [3.63, 3.8) is 0 Å². The first-order chi connectivity index (χ1) is 12.6. The third-order valence-corrected chi connectivity index (χ3v) is 5.58. The van der Waals surface area contributed by atoms with Crippen molar-refractivity contribution < 1.29 is 4.39 Å². The first-order valence-electron chi connectivity index (χ1n) is 9.13. The second-order valence-corrected chi connectivity index (χ2v) is 7.67. The van der Waals surface area contributed by atoms with E-state index in [9.17, 15) is 4.39 Å². The van der Waals surface area contributed by atoms with E-state index in [0.29, 0.717) is 7.18 Å². The van der Waals surface area contributed by atoms with Crippen LogP contribution in [0, 0.1) is 13.8 Å². The third-order valence-electron chi connectivity index (χ3n) is 4.12. The van der Waals surface area contributed by atoms with Gasteiger partial charge in [0, 0.05) is 16.3 Å². The Morgan fingerprint density at radius 3 is 2.23 bits per heavy atom. The van der Waals surface area contributed by atoms with Gasteiger partial charge in [-0.3, -0.25) is 4.39 Å². The number of rotatable bonds is 9. The van der Waals surface area contributed by atoms with Gasteiger partial charge < -0.3 is 10.2 Å². The number of halogens is 1. The molecule has 0 bridgehead atoms. The average molecular weight is 377 g/mol. The summed E-state index contributed by atoms with van der Waals surface area (Å²) in [7, 11) is 4.77. The van der Waals surface area contributed by atoms with Crippen molar-refractivity contribution in [2.45, 2.75) is 43.0 Å². The molecular weight excluding hydrogens is 343 g/mol. The zero-order valence-corrected chi connectivity index (χ0v) is 17.6. The fraction of sp³-hybridized carbons (Fsp3) is 0.455. The van der Waals surface area contributed by atoms with E-state index in [-0.39, 0.29) is 0 Å². The zero-order chi connectivity index (χ0) is 19.4. The van der Waals surface area contributed by atoms with Gasteiger partial charge in [-0.25, -0.2) is 0 Å². The van der Waals surface area contributed by atoms with Gasteiger partial charge in [0.05, 0.1) is 7.18 Å². The van der Waals surface area contributed by atoms with Gasteiger partial charge in [-0.2, -0.15) is 0 Å². The molecule has 0 heterocycles. The van der Waals surface area contributed by atoms with Gasteiger partial charge >= 0.3 is 0 Å². The molecule has 0 amide bonds. The molecule has 1 N–H and O–H groups in total. The van der Waals surface area contributed by atoms with Crippen LogP contribution in [0.1, 0.15) is 29.5 Å². The third kappa shape index (κ3) is 7.90. The maximum absolute atomic E-state index is 9.50. The minimum Gasteiger partial charge on any atom is -0.313 e. The predicted octanol–water partition coefficient (Wildman–Crippen LogP) is 5.47. The molecule has 0 spiro atoms. The molecule has 2 aromatic carbocycles. The van der Waals surface area contributed by atoms with Crippen LogP contribution in [0.2, 0.25) is 0 Å². The molecule has 26 heavy (non-hydrogen) atoms. The van der Waals surface area contributed by atoms with Gasteiger partial charge in [-0.05, 0) is 76.6 Å². The fourth-order valence-electron chi connectivity index (χ4n) is 2.72. The van der Waals surface area contributed by atoms with E-state index in [2.05, 4.69) is 80.6 Å². The number of aryl methyl sites for hydroxylation is 2. The molecule has 0 aliphatic rings. The number of hydrogen-bond acceptors (Lipinski definition) is 3. The zero-order valence-electron chi connectivity index (χ0n) is 16.8. The summed E-state index contributed by atoms with van der Waals surface area (Å²) in [5.74, 6) is 0. The van der Waals surface area contributed by atoms with Crippen molar-refractivity contribution in [1.29, 1.82) is 0 Å². The van der Waals surface area contributed by atoms with Gasteiger partial charge in [0.15, 0.2) is 0 Å². The summed E-state index contributed by atoms with van der Waals surface area (Å²) in [6, 6.07) is 15.3. The molecule has 0 atom stereocenters. The monoisotopic (exact) mass is 376 g/mol. The number of unbranched alkanes of at least 4 members (excludes halogenated alkanes) is 1. The van der Waals surface area contributed by atoms with Crippen LogP contribution in [-0.2, 0) is 6.54 Å². The van der Waals surface area contributed by atoms with Crippen LogP contribution in [0.3, 0.4) is 0 Å². The summed E-state index contributed by atoms with van der Waals surface area (Å²) in [5.41, 5.74) is 4.09. The van der Waals surface area contributed by atoms with E-state index in [4.69, 9.17) is 0 Å². The highest BCUT2D eigenvalue weighted by Gasteiger charge is 2.08. The molecule has 0 saturated carbocycles. The summed E-state index contributed by atoms with van der Waals surface area (Å²) in [5, 5.41) is 3.60. The lowest BCUT2D eigenvalue weighted by Crippen LogP contribution is -2.18. The highest BCUT2D eigenvalue weighted by atomic mass is 32.2. The predicted molar refractivity (Wildman–Crippen MR) is 113 cm³/mol. The topological polar surface area (TPSA) is 15.3 Å². The molecule has 0 aromatic heterocycles. The van der Waals surface area contributed by atoms with E-state index in [1.807, 2.05) is 11.8 Å². The second-order valence-electron chi connectivity index (χ2n) is 6.62. The summed E-state index contributed by atoms with van der Waals surface area (Å²) >= 11 is 1.89. The maximum atomic E-state index is 9.50. The Morgan fingerprint density at radius 2 is 1.58 bits per heavy atom. The Morgan fingerprint density at radius 1 is 0.923 bits per heavy atom. The highest BCUT2D eigenvalue weighted by molar-refractivity contribution is 7.99.